The minimum absolute atomic E-state index is 0.132. The number of phenolic OH excluding ortho intramolecular Hbond substituents is 1. The van der Waals surface area contributed by atoms with E-state index in [4.69, 9.17) is 0 Å². The number of hydrogen-bond acceptors (Lipinski definition) is 5. The molecule has 0 amide bonds. The van der Waals surface area contributed by atoms with E-state index in [1.54, 1.807) is 12.1 Å². The summed E-state index contributed by atoms with van der Waals surface area (Å²) in [6, 6.07) is 10.4. The highest BCUT2D eigenvalue weighted by Crippen LogP contribution is 2.25. The van der Waals surface area contributed by atoms with Gasteiger partial charge in [0.25, 0.3) is 0 Å². The van der Waals surface area contributed by atoms with Crippen LogP contribution in [-0.2, 0) is 5.75 Å². The van der Waals surface area contributed by atoms with Crippen molar-refractivity contribution in [2.45, 2.75) is 10.9 Å². The number of phenols is 1. The minimum Gasteiger partial charge on any atom is -0.508 e. The highest BCUT2D eigenvalue weighted by atomic mass is 32.2. The van der Waals surface area contributed by atoms with E-state index in [-0.39, 0.29) is 17.1 Å². The van der Waals surface area contributed by atoms with Gasteiger partial charge in [0.2, 0.25) is 5.16 Å². The molecule has 3 aromatic rings. The predicted octanol–water partition coefficient (Wildman–Crippen LogP) is 2.94. The van der Waals surface area contributed by atoms with Crippen LogP contribution in [-0.4, -0.2) is 25.3 Å². The Morgan fingerprint density at radius 1 is 1.09 bits per heavy atom. The number of nitrogens with zero attached hydrogens (tertiary/aromatic N) is 4. The van der Waals surface area contributed by atoms with Crippen LogP contribution in [0.1, 0.15) is 5.56 Å². The van der Waals surface area contributed by atoms with E-state index in [1.165, 1.54) is 40.7 Å². The smallest absolute Gasteiger partial charge is 0.214 e. The van der Waals surface area contributed by atoms with Gasteiger partial charge in [-0.05, 0) is 40.8 Å². The molecule has 22 heavy (non-hydrogen) atoms. The summed E-state index contributed by atoms with van der Waals surface area (Å²) in [4.78, 5) is 0. The van der Waals surface area contributed by atoms with Crippen molar-refractivity contribution in [2.75, 3.05) is 0 Å². The molecule has 112 valence electrons. The first-order chi connectivity index (χ1) is 10.6. The lowest BCUT2D eigenvalue weighted by Crippen LogP contribution is -1.99. The molecular weight excluding hydrogens is 310 g/mol. The molecule has 0 saturated heterocycles. The van der Waals surface area contributed by atoms with Gasteiger partial charge < -0.3 is 5.11 Å². The summed E-state index contributed by atoms with van der Waals surface area (Å²) in [6.07, 6.45) is 0. The molecule has 0 unspecified atom stereocenters. The first-order valence-electron chi connectivity index (χ1n) is 6.28. The molecule has 0 aliphatic rings. The molecule has 0 radical (unpaired) electrons. The number of thioether (sulfide) groups is 1. The third-order valence-corrected chi connectivity index (χ3v) is 3.89. The van der Waals surface area contributed by atoms with Gasteiger partial charge in [0, 0.05) is 11.3 Å². The molecule has 5 nitrogen and oxygen atoms in total. The average Bonchev–Trinajstić information content (AvgIpc) is 2.98. The average molecular weight is 320 g/mol. The van der Waals surface area contributed by atoms with E-state index in [0.29, 0.717) is 10.8 Å². The highest BCUT2D eigenvalue weighted by molar-refractivity contribution is 7.98. The Morgan fingerprint density at radius 3 is 2.64 bits per heavy atom. The van der Waals surface area contributed by atoms with E-state index in [0.717, 1.165) is 6.07 Å². The normalized spacial score (nSPS) is 10.8. The molecular formula is C14H10F2N4OS. The molecule has 0 atom stereocenters. The zero-order valence-corrected chi connectivity index (χ0v) is 12.0. The molecule has 8 heteroatoms. The second-order valence-corrected chi connectivity index (χ2v) is 5.33. The number of halogens is 2. The summed E-state index contributed by atoms with van der Waals surface area (Å²) in [7, 11) is 0. The third kappa shape index (κ3) is 2.91. The van der Waals surface area contributed by atoms with Crippen molar-refractivity contribution in [3.63, 3.8) is 0 Å². The van der Waals surface area contributed by atoms with Gasteiger partial charge in [0.15, 0.2) is 11.6 Å². The molecule has 0 spiro atoms. The van der Waals surface area contributed by atoms with Crippen molar-refractivity contribution in [1.82, 2.24) is 20.2 Å². The van der Waals surface area contributed by atoms with Crippen molar-refractivity contribution in [3.05, 3.63) is 59.7 Å². The lowest BCUT2D eigenvalue weighted by atomic mass is 10.2. The molecule has 3 rings (SSSR count). The van der Waals surface area contributed by atoms with Gasteiger partial charge in [0.05, 0.1) is 5.69 Å². The van der Waals surface area contributed by atoms with E-state index < -0.39 is 11.6 Å². The summed E-state index contributed by atoms with van der Waals surface area (Å²) in [5.74, 6) is -1.41. The fourth-order valence-corrected chi connectivity index (χ4v) is 2.69. The van der Waals surface area contributed by atoms with Gasteiger partial charge in [-0.3, -0.25) is 0 Å². The summed E-state index contributed by atoms with van der Waals surface area (Å²) >= 11 is 1.19. The highest BCUT2D eigenvalue weighted by Gasteiger charge is 2.12. The van der Waals surface area contributed by atoms with Gasteiger partial charge in [-0.2, -0.15) is 4.68 Å². The Kier molecular flexibility index (Phi) is 4.01. The Hall–Kier alpha value is -2.48. The maximum Gasteiger partial charge on any atom is 0.214 e. The largest absolute Gasteiger partial charge is 0.508 e. The van der Waals surface area contributed by atoms with Gasteiger partial charge in [-0.25, -0.2) is 8.78 Å². The Bertz CT molecular complexity index is 792. The molecule has 1 aromatic heterocycles. The van der Waals surface area contributed by atoms with Crippen molar-refractivity contribution >= 4 is 11.8 Å². The van der Waals surface area contributed by atoms with E-state index in [9.17, 15) is 13.9 Å². The number of aromatic hydroxyl groups is 1. The van der Waals surface area contributed by atoms with Crippen molar-refractivity contribution in [1.29, 1.82) is 0 Å². The quantitative estimate of drug-likeness (QED) is 0.749. The summed E-state index contributed by atoms with van der Waals surface area (Å²) in [5.41, 5.74) is 0.898. The number of rotatable bonds is 4. The van der Waals surface area contributed by atoms with E-state index in [2.05, 4.69) is 15.5 Å². The van der Waals surface area contributed by atoms with Crippen molar-refractivity contribution < 1.29 is 13.9 Å². The first-order valence-corrected chi connectivity index (χ1v) is 7.27. The second-order valence-electron chi connectivity index (χ2n) is 4.39. The van der Waals surface area contributed by atoms with Crippen LogP contribution < -0.4 is 0 Å². The van der Waals surface area contributed by atoms with Crippen LogP contribution in [0.3, 0.4) is 0 Å². The van der Waals surface area contributed by atoms with Gasteiger partial charge in [-0.15, -0.1) is 5.10 Å². The van der Waals surface area contributed by atoms with Crippen LogP contribution in [0, 0.1) is 11.6 Å². The van der Waals surface area contributed by atoms with Crippen molar-refractivity contribution in [2.24, 2.45) is 0 Å². The van der Waals surface area contributed by atoms with E-state index >= 15 is 0 Å². The molecule has 1 heterocycles. The lowest BCUT2D eigenvalue weighted by molar-refractivity contribution is 0.475. The molecule has 0 fully saturated rings. The zero-order valence-electron chi connectivity index (χ0n) is 11.1. The lowest BCUT2D eigenvalue weighted by Gasteiger charge is -2.05. The monoisotopic (exact) mass is 320 g/mol. The molecule has 0 aliphatic carbocycles. The van der Waals surface area contributed by atoms with Crippen LogP contribution in [0.5, 0.6) is 5.75 Å². The van der Waals surface area contributed by atoms with Crippen molar-refractivity contribution in [3.8, 4) is 11.4 Å². The van der Waals surface area contributed by atoms with Crippen LogP contribution in [0.15, 0.2) is 47.6 Å². The predicted molar refractivity (Wildman–Crippen MR) is 76.7 cm³/mol. The zero-order chi connectivity index (χ0) is 15.5. The summed E-state index contributed by atoms with van der Waals surface area (Å²) in [5, 5.41) is 21.0. The maximum absolute atomic E-state index is 13.6. The molecule has 0 bridgehead atoms. The van der Waals surface area contributed by atoms with Crippen LogP contribution in [0.4, 0.5) is 8.78 Å². The maximum atomic E-state index is 13.6. The molecule has 1 N–H and O–H groups in total. The fourth-order valence-electron chi connectivity index (χ4n) is 1.83. The number of hydrogen-bond donors (Lipinski definition) is 1. The summed E-state index contributed by atoms with van der Waals surface area (Å²) < 4.78 is 28.3. The number of aromatic nitrogens is 4. The Labute approximate surface area is 128 Å². The first kappa shape index (κ1) is 14.5. The standard InChI is InChI=1S/C14H10F2N4OS/c15-12-3-1-2-9(13(12)16)8-22-14-17-18-19-20(14)10-4-6-11(21)7-5-10/h1-7,21H,8H2. The summed E-state index contributed by atoms with van der Waals surface area (Å²) in [6.45, 7) is 0. The SMILES string of the molecule is Oc1ccc(-n2nnnc2SCc2cccc(F)c2F)cc1. The van der Waals surface area contributed by atoms with Crippen LogP contribution in [0.25, 0.3) is 5.69 Å². The van der Waals surface area contributed by atoms with Gasteiger partial charge >= 0.3 is 0 Å². The number of benzene rings is 2. The fraction of sp³-hybridized carbons (Fsp3) is 0.0714. The number of tetrazole rings is 1. The third-order valence-electron chi connectivity index (χ3n) is 2.92. The molecule has 0 saturated carbocycles. The van der Waals surface area contributed by atoms with Gasteiger partial charge in [0.1, 0.15) is 5.75 Å². The van der Waals surface area contributed by atoms with Crippen LogP contribution >= 0.6 is 11.8 Å². The topological polar surface area (TPSA) is 63.8 Å². The van der Waals surface area contributed by atoms with Crippen LogP contribution in [0.2, 0.25) is 0 Å². The Morgan fingerprint density at radius 2 is 1.86 bits per heavy atom. The molecule has 0 aliphatic heterocycles. The van der Waals surface area contributed by atoms with E-state index in [1.807, 2.05) is 0 Å². The van der Waals surface area contributed by atoms with Gasteiger partial charge in [-0.1, -0.05) is 23.9 Å². The molecule has 2 aromatic carbocycles. The minimum atomic E-state index is -0.878. The second kappa shape index (κ2) is 6.10. The Balaban J connectivity index is 1.81.